The van der Waals surface area contributed by atoms with Crippen molar-refractivity contribution in [2.75, 3.05) is 0 Å². The maximum Gasteiger partial charge on any atom is 0.0652 e. The Hall–Kier alpha value is -0.830. The van der Waals surface area contributed by atoms with E-state index in [2.05, 4.69) is 18.9 Å². The summed E-state index contributed by atoms with van der Waals surface area (Å²) in [5.41, 5.74) is 1.16. The van der Waals surface area contributed by atoms with Gasteiger partial charge in [0.05, 0.1) is 11.8 Å². The van der Waals surface area contributed by atoms with Gasteiger partial charge in [-0.05, 0) is 36.7 Å². The molecule has 1 aromatic heterocycles. The molecule has 3 heteroatoms. The van der Waals surface area contributed by atoms with E-state index in [9.17, 15) is 5.11 Å². The molecule has 102 valence electrons. The fraction of sp³-hybridized carbons (Fsp3) is 0.800. The van der Waals surface area contributed by atoms with E-state index in [0.717, 1.165) is 12.1 Å². The lowest BCUT2D eigenvalue weighted by Gasteiger charge is -2.35. The molecule has 1 atom stereocenters. The van der Waals surface area contributed by atoms with Crippen LogP contribution in [0.2, 0.25) is 0 Å². The van der Waals surface area contributed by atoms with Crippen molar-refractivity contribution in [3.63, 3.8) is 0 Å². The topological polar surface area (TPSA) is 38.0 Å². The number of rotatable bonds is 5. The lowest BCUT2D eigenvalue weighted by atomic mass is 9.73. The van der Waals surface area contributed by atoms with Crippen LogP contribution in [-0.4, -0.2) is 21.0 Å². The van der Waals surface area contributed by atoms with Crippen molar-refractivity contribution in [2.45, 2.75) is 58.5 Å². The van der Waals surface area contributed by atoms with Crippen LogP contribution in [0, 0.1) is 11.3 Å². The molecule has 1 aliphatic rings. The van der Waals surface area contributed by atoms with Crippen molar-refractivity contribution >= 4 is 0 Å². The molecule has 0 amide bonds. The Morgan fingerprint density at radius 1 is 1.39 bits per heavy atom. The van der Waals surface area contributed by atoms with Crippen molar-refractivity contribution in [1.82, 2.24) is 9.78 Å². The van der Waals surface area contributed by atoms with Gasteiger partial charge in [0.2, 0.25) is 0 Å². The van der Waals surface area contributed by atoms with Gasteiger partial charge < -0.3 is 5.11 Å². The third-order valence-corrected chi connectivity index (χ3v) is 4.29. The summed E-state index contributed by atoms with van der Waals surface area (Å²) in [5.74, 6) is 0.654. The molecular formula is C15H26N2O. The average Bonchev–Trinajstić information content (AvgIpc) is 2.88. The van der Waals surface area contributed by atoms with Crippen LogP contribution < -0.4 is 0 Å². The highest BCUT2D eigenvalue weighted by molar-refractivity contribution is 5.04. The first kappa shape index (κ1) is 13.6. The van der Waals surface area contributed by atoms with Gasteiger partial charge in [-0.2, -0.15) is 5.10 Å². The lowest BCUT2D eigenvalue weighted by Crippen LogP contribution is -2.35. The fourth-order valence-corrected chi connectivity index (χ4v) is 3.55. The van der Waals surface area contributed by atoms with E-state index in [0.29, 0.717) is 12.3 Å². The second kappa shape index (κ2) is 5.43. The lowest BCUT2D eigenvalue weighted by molar-refractivity contribution is 0.0127. The first-order valence-corrected chi connectivity index (χ1v) is 7.18. The molecular weight excluding hydrogens is 224 g/mol. The average molecular weight is 250 g/mol. The number of hydrogen-bond donors (Lipinski definition) is 1. The maximum absolute atomic E-state index is 10.7. The summed E-state index contributed by atoms with van der Waals surface area (Å²) in [6, 6.07) is 2.02. The number of aliphatic hydroxyl groups excluding tert-OH is 1. The van der Waals surface area contributed by atoms with Crippen molar-refractivity contribution in [2.24, 2.45) is 18.4 Å². The molecule has 2 rings (SSSR count). The van der Waals surface area contributed by atoms with E-state index in [1.54, 1.807) is 0 Å². The number of aryl methyl sites for hydroxylation is 1. The highest BCUT2D eigenvalue weighted by Crippen LogP contribution is 2.46. The predicted molar refractivity (Wildman–Crippen MR) is 73.3 cm³/mol. The van der Waals surface area contributed by atoms with E-state index in [1.165, 1.54) is 25.7 Å². The summed E-state index contributed by atoms with van der Waals surface area (Å²) in [6.07, 6.45) is 8.45. The minimum Gasteiger partial charge on any atom is -0.392 e. The Kier molecular flexibility index (Phi) is 4.10. The third kappa shape index (κ3) is 2.94. The molecule has 0 aromatic carbocycles. The Morgan fingerprint density at radius 2 is 2.06 bits per heavy atom. The molecule has 1 fully saturated rings. The quantitative estimate of drug-likeness (QED) is 0.872. The minimum atomic E-state index is -0.239. The van der Waals surface area contributed by atoms with Crippen molar-refractivity contribution in [3.05, 3.63) is 18.0 Å². The van der Waals surface area contributed by atoms with Crippen LogP contribution in [0.15, 0.2) is 12.3 Å². The Bertz CT molecular complexity index is 378. The summed E-state index contributed by atoms with van der Waals surface area (Å²) in [7, 11) is 1.93. The smallest absolute Gasteiger partial charge is 0.0652 e. The number of aliphatic hydroxyl groups is 1. The van der Waals surface area contributed by atoms with Gasteiger partial charge in [0, 0.05) is 19.7 Å². The van der Waals surface area contributed by atoms with Gasteiger partial charge >= 0.3 is 0 Å². The number of hydrogen-bond acceptors (Lipinski definition) is 2. The molecule has 0 aliphatic heterocycles. The summed E-state index contributed by atoms with van der Waals surface area (Å²) < 4.78 is 1.81. The summed E-state index contributed by atoms with van der Waals surface area (Å²) in [5, 5.41) is 15.1. The highest BCUT2D eigenvalue weighted by atomic mass is 16.3. The van der Waals surface area contributed by atoms with Gasteiger partial charge in [0.25, 0.3) is 0 Å². The van der Waals surface area contributed by atoms with Crippen LogP contribution in [0.1, 0.15) is 51.6 Å². The molecule has 1 unspecified atom stereocenters. The Labute approximate surface area is 110 Å². The zero-order valence-corrected chi connectivity index (χ0v) is 11.9. The molecule has 0 spiro atoms. The molecule has 1 aromatic rings. The van der Waals surface area contributed by atoms with Crippen LogP contribution in [0.4, 0.5) is 0 Å². The second-order valence-corrected chi connectivity index (χ2v) is 6.37. The molecule has 3 nitrogen and oxygen atoms in total. The normalized spacial score (nSPS) is 20.5. The molecule has 0 radical (unpaired) electrons. The fourth-order valence-electron chi connectivity index (χ4n) is 3.55. The summed E-state index contributed by atoms with van der Waals surface area (Å²) in [6.45, 7) is 4.51. The molecule has 0 saturated heterocycles. The highest BCUT2D eigenvalue weighted by Gasteiger charge is 2.40. The van der Waals surface area contributed by atoms with Crippen molar-refractivity contribution in [1.29, 1.82) is 0 Å². The van der Waals surface area contributed by atoms with E-state index < -0.39 is 0 Å². The Morgan fingerprint density at radius 3 is 2.56 bits per heavy atom. The van der Waals surface area contributed by atoms with Gasteiger partial charge in [0.15, 0.2) is 0 Å². The zero-order valence-electron chi connectivity index (χ0n) is 11.9. The van der Waals surface area contributed by atoms with E-state index in [1.807, 2.05) is 24.0 Å². The molecule has 1 aliphatic carbocycles. The van der Waals surface area contributed by atoms with Crippen LogP contribution in [0.25, 0.3) is 0 Å². The van der Waals surface area contributed by atoms with E-state index in [-0.39, 0.29) is 11.5 Å². The minimum absolute atomic E-state index is 0.145. The van der Waals surface area contributed by atoms with Crippen molar-refractivity contribution in [3.8, 4) is 0 Å². The molecule has 1 saturated carbocycles. The monoisotopic (exact) mass is 250 g/mol. The Balaban J connectivity index is 2.06. The van der Waals surface area contributed by atoms with Crippen LogP contribution >= 0.6 is 0 Å². The van der Waals surface area contributed by atoms with Gasteiger partial charge in [-0.15, -0.1) is 0 Å². The van der Waals surface area contributed by atoms with Gasteiger partial charge in [-0.3, -0.25) is 4.68 Å². The predicted octanol–water partition coefficient (Wildman–Crippen LogP) is 2.93. The van der Waals surface area contributed by atoms with Gasteiger partial charge in [0.1, 0.15) is 0 Å². The largest absolute Gasteiger partial charge is 0.392 e. The first-order valence-electron chi connectivity index (χ1n) is 7.18. The zero-order chi connectivity index (χ0) is 13.2. The van der Waals surface area contributed by atoms with E-state index in [4.69, 9.17) is 0 Å². The van der Waals surface area contributed by atoms with Crippen molar-refractivity contribution < 1.29 is 5.11 Å². The molecule has 18 heavy (non-hydrogen) atoms. The summed E-state index contributed by atoms with van der Waals surface area (Å²) in [4.78, 5) is 0. The SMILES string of the molecule is CC(C)CC1(C(O)Cc2ccn(C)n2)CCCC1. The van der Waals surface area contributed by atoms with Crippen LogP contribution in [0.5, 0.6) is 0 Å². The van der Waals surface area contributed by atoms with Gasteiger partial charge in [-0.1, -0.05) is 26.7 Å². The number of nitrogens with zero attached hydrogens (tertiary/aromatic N) is 2. The summed E-state index contributed by atoms with van der Waals surface area (Å²) >= 11 is 0. The van der Waals surface area contributed by atoms with E-state index >= 15 is 0 Å². The maximum atomic E-state index is 10.7. The molecule has 0 bridgehead atoms. The first-order chi connectivity index (χ1) is 8.52. The standard InChI is InChI=1S/C15H26N2O/c1-12(2)11-15(7-4-5-8-15)14(18)10-13-6-9-17(3)16-13/h6,9,12,14,18H,4-5,7-8,10-11H2,1-3H3. The van der Waals surface area contributed by atoms with Crippen LogP contribution in [-0.2, 0) is 13.5 Å². The second-order valence-electron chi connectivity index (χ2n) is 6.37. The molecule has 1 heterocycles. The number of aromatic nitrogens is 2. The third-order valence-electron chi connectivity index (χ3n) is 4.29. The van der Waals surface area contributed by atoms with Gasteiger partial charge in [-0.25, -0.2) is 0 Å². The van der Waals surface area contributed by atoms with Crippen LogP contribution in [0.3, 0.4) is 0 Å². The molecule has 1 N–H and O–H groups in total.